The molecule has 4 heteroatoms. The summed E-state index contributed by atoms with van der Waals surface area (Å²) in [5.41, 5.74) is 0.665. The van der Waals surface area contributed by atoms with Crippen LogP contribution in [0.3, 0.4) is 0 Å². The lowest BCUT2D eigenvalue weighted by atomic mass is 9.88. The molecule has 0 saturated heterocycles. The molecule has 0 aliphatic carbocycles. The monoisotopic (exact) mass is 210 g/mol. The van der Waals surface area contributed by atoms with Crippen molar-refractivity contribution in [1.82, 2.24) is 9.97 Å². The van der Waals surface area contributed by atoms with E-state index in [2.05, 4.69) is 30.7 Å². The van der Waals surface area contributed by atoms with Gasteiger partial charge in [0.2, 0.25) is 0 Å². The molecule has 1 unspecified atom stereocenters. The third kappa shape index (κ3) is 2.97. The molecule has 1 N–H and O–H groups in total. The lowest BCUT2D eigenvalue weighted by Gasteiger charge is -2.27. The van der Waals surface area contributed by atoms with Crippen molar-refractivity contribution in [3.63, 3.8) is 0 Å². The molecule has 0 amide bonds. The first-order valence-corrected chi connectivity index (χ1v) is 4.93. The average molecular weight is 210 g/mol. The van der Waals surface area contributed by atoms with E-state index < -0.39 is 0 Å². The Bertz CT molecular complexity index is 303. The van der Waals surface area contributed by atoms with E-state index in [1.807, 2.05) is 0 Å². The Kier molecular flexibility index (Phi) is 3.77. The molecule has 1 rings (SSSR count). The normalized spacial score (nSPS) is 13.9. The quantitative estimate of drug-likeness (QED) is 0.825. The third-order valence-corrected chi connectivity index (χ3v) is 2.16. The van der Waals surface area contributed by atoms with Gasteiger partial charge < -0.3 is 9.84 Å². The van der Waals surface area contributed by atoms with Gasteiger partial charge in [-0.1, -0.05) is 20.8 Å². The molecule has 1 heterocycles. The highest BCUT2D eigenvalue weighted by Crippen LogP contribution is 2.33. The molecule has 1 atom stereocenters. The summed E-state index contributed by atoms with van der Waals surface area (Å²) in [4.78, 5) is 8.38. The number of hydrogen-bond acceptors (Lipinski definition) is 4. The Morgan fingerprint density at radius 3 is 2.20 bits per heavy atom. The van der Waals surface area contributed by atoms with Crippen molar-refractivity contribution < 1.29 is 9.84 Å². The van der Waals surface area contributed by atoms with E-state index in [0.717, 1.165) is 0 Å². The first kappa shape index (κ1) is 12.1. The SMILES string of the molecule is COC(c1ncc(CO)cn1)C(C)(C)C. The van der Waals surface area contributed by atoms with Crippen molar-refractivity contribution in [2.24, 2.45) is 5.41 Å². The van der Waals surface area contributed by atoms with E-state index in [-0.39, 0.29) is 18.1 Å². The number of nitrogens with zero attached hydrogens (tertiary/aromatic N) is 2. The summed E-state index contributed by atoms with van der Waals surface area (Å²) in [7, 11) is 1.65. The molecule has 0 radical (unpaired) electrons. The van der Waals surface area contributed by atoms with E-state index in [9.17, 15) is 0 Å². The Balaban J connectivity index is 2.93. The molecule has 1 aromatic rings. The number of hydrogen-bond donors (Lipinski definition) is 1. The van der Waals surface area contributed by atoms with Crippen LogP contribution in [0.1, 0.15) is 38.3 Å². The van der Waals surface area contributed by atoms with E-state index >= 15 is 0 Å². The first-order chi connectivity index (χ1) is 6.99. The summed E-state index contributed by atoms with van der Waals surface area (Å²) < 4.78 is 5.39. The molecular formula is C11H18N2O2. The molecule has 0 aromatic carbocycles. The van der Waals surface area contributed by atoms with Gasteiger partial charge in [-0.25, -0.2) is 9.97 Å². The van der Waals surface area contributed by atoms with Crippen LogP contribution in [0, 0.1) is 5.41 Å². The molecule has 0 saturated carbocycles. The van der Waals surface area contributed by atoms with Gasteiger partial charge in [0.25, 0.3) is 0 Å². The third-order valence-electron chi connectivity index (χ3n) is 2.16. The molecule has 0 spiro atoms. The summed E-state index contributed by atoms with van der Waals surface area (Å²) in [6.45, 7) is 6.19. The minimum Gasteiger partial charge on any atom is -0.392 e. The van der Waals surface area contributed by atoms with Crippen LogP contribution in [-0.4, -0.2) is 22.2 Å². The van der Waals surface area contributed by atoms with Crippen LogP contribution >= 0.6 is 0 Å². The van der Waals surface area contributed by atoms with Crippen molar-refractivity contribution in [2.75, 3.05) is 7.11 Å². The van der Waals surface area contributed by atoms with Gasteiger partial charge in [-0.2, -0.15) is 0 Å². The van der Waals surface area contributed by atoms with Gasteiger partial charge in [-0.15, -0.1) is 0 Å². The van der Waals surface area contributed by atoms with Gasteiger partial charge in [0, 0.05) is 25.1 Å². The second-order valence-corrected chi connectivity index (χ2v) is 4.59. The van der Waals surface area contributed by atoms with Crippen molar-refractivity contribution >= 4 is 0 Å². The summed E-state index contributed by atoms with van der Waals surface area (Å²) in [6, 6.07) is 0. The highest BCUT2D eigenvalue weighted by atomic mass is 16.5. The molecule has 0 aliphatic rings. The summed E-state index contributed by atoms with van der Waals surface area (Å²) in [5, 5.41) is 8.87. The maximum Gasteiger partial charge on any atom is 0.157 e. The standard InChI is InChI=1S/C11H18N2O2/c1-11(2,3)9(15-4)10-12-5-8(7-14)6-13-10/h5-6,9,14H,7H2,1-4H3. The molecule has 4 nitrogen and oxygen atoms in total. The van der Waals surface area contributed by atoms with Crippen molar-refractivity contribution in [2.45, 2.75) is 33.5 Å². The maximum atomic E-state index is 8.87. The smallest absolute Gasteiger partial charge is 0.157 e. The molecule has 0 aliphatic heterocycles. The summed E-state index contributed by atoms with van der Waals surface area (Å²) >= 11 is 0. The predicted octanol–water partition coefficient (Wildman–Crippen LogP) is 1.70. The van der Waals surface area contributed by atoms with Gasteiger partial charge in [0.15, 0.2) is 5.82 Å². The number of rotatable bonds is 3. The number of ether oxygens (including phenoxy) is 1. The Hall–Kier alpha value is -1.00. The second-order valence-electron chi connectivity index (χ2n) is 4.59. The van der Waals surface area contributed by atoms with Crippen LogP contribution in [-0.2, 0) is 11.3 Å². The maximum absolute atomic E-state index is 8.87. The van der Waals surface area contributed by atoms with E-state index in [1.165, 1.54) is 0 Å². The van der Waals surface area contributed by atoms with Crippen LogP contribution in [0.15, 0.2) is 12.4 Å². The Morgan fingerprint density at radius 1 is 1.33 bits per heavy atom. The molecule has 15 heavy (non-hydrogen) atoms. The fraction of sp³-hybridized carbons (Fsp3) is 0.636. The highest BCUT2D eigenvalue weighted by molar-refractivity contribution is 5.06. The molecule has 0 bridgehead atoms. The molecule has 1 aromatic heterocycles. The lowest BCUT2D eigenvalue weighted by Crippen LogP contribution is -2.22. The minimum absolute atomic E-state index is 0.0343. The van der Waals surface area contributed by atoms with Crippen LogP contribution in [0.5, 0.6) is 0 Å². The predicted molar refractivity (Wildman–Crippen MR) is 57.2 cm³/mol. The highest BCUT2D eigenvalue weighted by Gasteiger charge is 2.28. The minimum atomic E-state index is -0.134. The average Bonchev–Trinajstić information content (AvgIpc) is 2.18. The number of aromatic nitrogens is 2. The fourth-order valence-electron chi connectivity index (χ4n) is 1.43. The fourth-order valence-corrected chi connectivity index (χ4v) is 1.43. The summed E-state index contributed by atoms with van der Waals surface area (Å²) in [5.74, 6) is 0.655. The van der Waals surface area contributed by atoms with Crippen LogP contribution in [0.25, 0.3) is 0 Å². The van der Waals surface area contributed by atoms with Gasteiger partial charge in [0.1, 0.15) is 6.10 Å². The van der Waals surface area contributed by atoms with Crippen LogP contribution in [0.4, 0.5) is 0 Å². The van der Waals surface area contributed by atoms with Crippen LogP contribution in [0.2, 0.25) is 0 Å². The molecule has 84 valence electrons. The first-order valence-electron chi connectivity index (χ1n) is 4.93. The van der Waals surface area contributed by atoms with Crippen molar-refractivity contribution in [1.29, 1.82) is 0 Å². The zero-order chi connectivity index (χ0) is 11.5. The van der Waals surface area contributed by atoms with Crippen molar-refractivity contribution in [3.05, 3.63) is 23.8 Å². The number of methoxy groups -OCH3 is 1. The number of aliphatic hydroxyl groups excluding tert-OH is 1. The number of aliphatic hydroxyl groups is 1. The van der Waals surface area contributed by atoms with Gasteiger partial charge >= 0.3 is 0 Å². The Labute approximate surface area is 90.3 Å². The van der Waals surface area contributed by atoms with E-state index in [0.29, 0.717) is 11.4 Å². The molecular weight excluding hydrogens is 192 g/mol. The van der Waals surface area contributed by atoms with Gasteiger partial charge in [-0.05, 0) is 5.41 Å². The van der Waals surface area contributed by atoms with Gasteiger partial charge in [-0.3, -0.25) is 0 Å². The second kappa shape index (κ2) is 4.68. The molecule has 0 fully saturated rings. The van der Waals surface area contributed by atoms with Crippen molar-refractivity contribution in [3.8, 4) is 0 Å². The Morgan fingerprint density at radius 2 is 1.87 bits per heavy atom. The largest absolute Gasteiger partial charge is 0.392 e. The van der Waals surface area contributed by atoms with E-state index in [4.69, 9.17) is 9.84 Å². The van der Waals surface area contributed by atoms with Gasteiger partial charge in [0.05, 0.1) is 6.61 Å². The zero-order valence-corrected chi connectivity index (χ0v) is 9.69. The summed E-state index contributed by atoms with van der Waals surface area (Å²) in [6.07, 6.45) is 3.12. The lowest BCUT2D eigenvalue weighted by molar-refractivity contribution is 0.00857. The van der Waals surface area contributed by atoms with Crippen LogP contribution < -0.4 is 0 Å². The topological polar surface area (TPSA) is 55.2 Å². The van der Waals surface area contributed by atoms with E-state index in [1.54, 1.807) is 19.5 Å². The zero-order valence-electron chi connectivity index (χ0n) is 9.69.